The van der Waals surface area contributed by atoms with Crippen LogP contribution in [-0.2, 0) is 0 Å². The van der Waals surface area contributed by atoms with E-state index in [1.165, 1.54) is 6.20 Å². The highest BCUT2D eigenvalue weighted by Crippen LogP contribution is 2.22. The van der Waals surface area contributed by atoms with Crippen LogP contribution in [-0.4, -0.2) is 22.3 Å². The Morgan fingerprint density at radius 3 is 2.20 bits per heavy atom. The van der Waals surface area contributed by atoms with E-state index in [2.05, 4.69) is 10.2 Å². The van der Waals surface area contributed by atoms with Crippen molar-refractivity contribution in [1.82, 2.24) is 10.2 Å². The Kier molecular flexibility index (Phi) is 2.73. The van der Waals surface area contributed by atoms with Crippen molar-refractivity contribution >= 4 is 23.6 Å². The van der Waals surface area contributed by atoms with Gasteiger partial charge in [0, 0.05) is 6.20 Å². The third-order valence-corrected chi connectivity index (χ3v) is 1.56. The lowest BCUT2D eigenvalue weighted by molar-refractivity contribution is 0.252. The number of aromatic amines is 1. The number of rotatable bonds is 2. The molecule has 0 atom stereocenters. The van der Waals surface area contributed by atoms with Crippen LogP contribution in [0.1, 0.15) is 0 Å². The third kappa shape index (κ3) is 1.95. The summed E-state index contributed by atoms with van der Waals surface area (Å²) in [6.07, 6.45) is 1.24. The van der Waals surface area contributed by atoms with Gasteiger partial charge in [-0.25, -0.2) is 31.3 Å². The molecule has 10 heteroatoms. The fraction of sp³-hybridized carbons (Fsp3) is 0. The molecule has 1 heterocycles. The molecule has 0 aliphatic carbocycles. The Balaban J connectivity index is 3.06. The van der Waals surface area contributed by atoms with Crippen molar-refractivity contribution in [3.8, 4) is 0 Å². The van der Waals surface area contributed by atoms with E-state index >= 15 is 0 Å². The maximum atomic E-state index is 10.7. The number of nitrogens with two attached hydrogens (primary N) is 4. The summed E-state index contributed by atoms with van der Waals surface area (Å²) in [5, 5.41) is 7.04. The van der Waals surface area contributed by atoms with Crippen LogP contribution in [0, 0.1) is 0 Å². The van der Waals surface area contributed by atoms with E-state index < -0.39 is 12.1 Å². The van der Waals surface area contributed by atoms with Gasteiger partial charge >= 0.3 is 12.1 Å². The van der Waals surface area contributed by atoms with Gasteiger partial charge < -0.3 is 11.5 Å². The van der Waals surface area contributed by atoms with Crippen molar-refractivity contribution in [2.24, 2.45) is 23.2 Å². The quantitative estimate of drug-likeness (QED) is 0.215. The average Bonchev–Trinajstić information content (AvgIpc) is 2.63. The van der Waals surface area contributed by atoms with Crippen molar-refractivity contribution in [3.63, 3.8) is 0 Å². The highest BCUT2D eigenvalue weighted by Gasteiger charge is 2.20. The molecule has 1 aromatic heterocycles. The number of nitrogens with one attached hydrogen (secondary N) is 1. The highest BCUT2D eigenvalue weighted by molar-refractivity contribution is 5.97. The first-order valence-corrected chi connectivity index (χ1v) is 3.67. The molecule has 9 N–H and O–H groups in total. The van der Waals surface area contributed by atoms with Crippen molar-refractivity contribution < 1.29 is 9.59 Å². The molecule has 0 unspecified atom stereocenters. The summed E-state index contributed by atoms with van der Waals surface area (Å²) in [6, 6.07) is -1.89. The number of H-pyrrole nitrogens is 1. The molecule has 0 aromatic carbocycles. The number of carbonyl (C=O) groups is 2. The largest absolute Gasteiger partial charge is 0.350 e. The lowest BCUT2D eigenvalue weighted by Crippen LogP contribution is -2.45. The number of anilines is 2. The van der Waals surface area contributed by atoms with Gasteiger partial charge in [0.15, 0.2) is 5.82 Å². The highest BCUT2D eigenvalue weighted by atomic mass is 16.2. The van der Waals surface area contributed by atoms with E-state index in [0.717, 1.165) is 0 Å². The van der Waals surface area contributed by atoms with Crippen molar-refractivity contribution in [2.45, 2.75) is 0 Å². The Bertz CT molecular complexity index is 352. The summed E-state index contributed by atoms with van der Waals surface area (Å²) in [7, 11) is 0. The zero-order chi connectivity index (χ0) is 11.6. The van der Waals surface area contributed by atoms with E-state index in [-0.39, 0.29) is 11.5 Å². The van der Waals surface area contributed by atoms with Gasteiger partial charge in [0.1, 0.15) is 5.69 Å². The van der Waals surface area contributed by atoms with E-state index in [0.29, 0.717) is 10.0 Å². The minimum absolute atomic E-state index is 0.0313. The molecule has 0 spiro atoms. The van der Waals surface area contributed by atoms with Crippen LogP contribution in [0.25, 0.3) is 0 Å². The molecule has 0 radical (unpaired) electrons. The van der Waals surface area contributed by atoms with Gasteiger partial charge in [0.05, 0.1) is 0 Å². The standard InChI is InChI=1S/C5H10N8O2/c6-4(14)12(8)2-1-10-11-3(2)13(9)5(7)15/h1H,8-9H2,(H2,6,14)(H2,7,15)(H,10,11). The predicted molar refractivity (Wildman–Crippen MR) is 51.1 cm³/mol. The second-order valence-electron chi connectivity index (χ2n) is 2.51. The molecule has 0 aliphatic heterocycles. The molecule has 0 saturated heterocycles. The van der Waals surface area contributed by atoms with Crippen LogP contribution in [0.5, 0.6) is 0 Å². The second-order valence-corrected chi connectivity index (χ2v) is 2.51. The molecular formula is C5H10N8O2. The van der Waals surface area contributed by atoms with E-state index in [4.69, 9.17) is 23.2 Å². The number of urea groups is 2. The minimum Gasteiger partial charge on any atom is -0.350 e. The van der Waals surface area contributed by atoms with Crippen LogP contribution in [0.3, 0.4) is 0 Å². The SMILES string of the molecule is NC(=O)N(N)c1c[nH]nc1N(N)C(N)=O. The number of amides is 4. The summed E-state index contributed by atoms with van der Waals surface area (Å²) in [5.74, 6) is 10.4. The second kappa shape index (κ2) is 3.81. The van der Waals surface area contributed by atoms with Gasteiger partial charge in [-0.15, -0.1) is 0 Å². The number of hydrogen-bond donors (Lipinski definition) is 5. The van der Waals surface area contributed by atoms with E-state index in [9.17, 15) is 9.59 Å². The van der Waals surface area contributed by atoms with Crippen LogP contribution < -0.4 is 33.2 Å². The summed E-state index contributed by atoms with van der Waals surface area (Å²) in [4.78, 5) is 21.5. The molecule has 1 rings (SSSR count). The number of nitrogens with zero attached hydrogens (tertiary/aromatic N) is 3. The van der Waals surface area contributed by atoms with Gasteiger partial charge in [-0.05, 0) is 0 Å². The van der Waals surface area contributed by atoms with Crippen LogP contribution in [0.4, 0.5) is 21.1 Å². The zero-order valence-electron chi connectivity index (χ0n) is 7.54. The Labute approximate surface area is 83.7 Å². The van der Waals surface area contributed by atoms with Crippen LogP contribution in [0.2, 0.25) is 0 Å². The lowest BCUT2D eigenvalue weighted by atomic mass is 10.5. The number of primary amides is 2. The molecule has 0 fully saturated rings. The van der Waals surface area contributed by atoms with Gasteiger partial charge in [0.25, 0.3) is 0 Å². The minimum atomic E-state index is -0.957. The van der Waals surface area contributed by atoms with Gasteiger partial charge in [-0.2, -0.15) is 5.10 Å². The topological polar surface area (TPSA) is 173 Å². The number of hydrogen-bond acceptors (Lipinski definition) is 5. The Hall–Kier alpha value is -2.33. The maximum absolute atomic E-state index is 10.7. The van der Waals surface area contributed by atoms with Crippen molar-refractivity contribution in [1.29, 1.82) is 0 Å². The van der Waals surface area contributed by atoms with Crippen LogP contribution >= 0.6 is 0 Å². The molecule has 0 saturated carbocycles. The van der Waals surface area contributed by atoms with Crippen molar-refractivity contribution in [3.05, 3.63) is 6.20 Å². The normalized spacial score (nSPS) is 9.73. The first-order valence-electron chi connectivity index (χ1n) is 3.67. The number of aromatic nitrogens is 2. The molecular weight excluding hydrogens is 204 g/mol. The molecule has 15 heavy (non-hydrogen) atoms. The van der Waals surface area contributed by atoms with E-state index in [1.807, 2.05) is 0 Å². The lowest BCUT2D eigenvalue weighted by Gasteiger charge is -2.16. The molecule has 0 aliphatic rings. The average molecular weight is 214 g/mol. The summed E-state index contributed by atoms with van der Waals surface area (Å²) in [6.45, 7) is 0. The zero-order valence-corrected chi connectivity index (χ0v) is 7.54. The molecule has 10 nitrogen and oxygen atoms in total. The first-order chi connectivity index (χ1) is 6.95. The molecule has 4 amide bonds. The summed E-state index contributed by atoms with van der Waals surface area (Å²) in [5.41, 5.74) is 9.85. The maximum Gasteiger partial charge on any atom is 0.335 e. The Morgan fingerprint density at radius 2 is 1.73 bits per heavy atom. The predicted octanol–water partition coefficient (Wildman–Crippen LogP) is -2.07. The molecule has 0 bridgehead atoms. The number of carbonyl (C=O) groups excluding carboxylic acids is 2. The van der Waals surface area contributed by atoms with Gasteiger partial charge in [-0.3, -0.25) is 5.10 Å². The summed E-state index contributed by atoms with van der Waals surface area (Å²) >= 11 is 0. The monoisotopic (exact) mass is 214 g/mol. The smallest absolute Gasteiger partial charge is 0.335 e. The summed E-state index contributed by atoms with van der Waals surface area (Å²) < 4.78 is 0. The third-order valence-electron chi connectivity index (χ3n) is 1.56. The number of hydrazine groups is 2. The van der Waals surface area contributed by atoms with Gasteiger partial charge in [0.2, 0.25) is 0 Å². The van der Waals surface area contributed by atoms with Gasteiger partial charge in [-0.1, -0.05) is 0 Å². The van der Waals surface area contributed by atoms with E-state index in [1.54, 1.807) is 0 Å². The molecule has 82 valence electrons. The Morgan fingerprint density at radius 1 is 1.20 bits per heavy atom. The first kappa shape index (κ1) is 10.7. The molecule has 1 aromatic rings. The van der Waals surface area contributed by atoms with Crippen LogP contribution in [0.15, 0.2) is 6.20 Å². The van der Waals surface area contributed by atoms with Crippen molar-refractivity contribution in [2.75, 3.05) is 10.0 Å². The fourth-order valence-corrected chi connectivity index (χ4v) is 0.854. The fourth-order valence-electron chi connectivity index (χ4n) is 0.854.